The normalized spacial score (nSPS) is 12.2. The number of aryl methyl sites for hydroxylation is 1. The molecular weight excluding hydrogens is 366 g/mol. The number of Topliss-reactive ketones (excluding diaryl/α,β-unsaturated/α-hetero) is 1. The van der Waals surface area contributed by atoms with Gasteiger partial charge in [0.2, 0.25) is 0 Å². The highest BCUT2D eigenvalue weighted by molar-refractivity contribution is 8.00. The van der Waals surface area contributed by atoms with Gasteiger partial charge in [-0.2, -0.15) is 0 Å². The number of hydrogen-bond donors (Lipinski definition) is 0. The van der Waals surface area contributed by atoms with Crippen LogP contribution in [0.4, 0.5) is 0 Å². The Labute approximate surface area is 168 Å². The highest BCUT2D eigenvalue weighted by Gasteiger charge is 2.20. The first-order valence-electron chi connectivity index (χ1n) is 9.20. The molecule has 0 radical (unpaired) electrons. The van der Waals surface area contributed by atoms with Crippen molar-refractivity contribution in [2.24, 2.45) is 0 Å². The molecule has 5 heteroatoms. The second-order valence-corrected chi connectivity index (χ2v) is 8.20. The van der Waals surface area contributed by atoms with Crippen LogP contribution in [0.5, 0.6) is 0 Å². The van der Waals surface area contributed by atoms with E-state index in [4.69, 9.17) is 0 Å². The molecule has 4 rings (SSSR count). The molecule has 1 atom stereocenters. The van der Waals surface area contributed by atoms with E-state index in [1.165, 1.54) is 17.3 Å². The van der Waals surface area contributed by atoms with Crippen molar-refractivity contribution in [3.63, 3.8) is 0 Å². The number of carbonyl (C=O) groups excluding carboxylic acids is 1. The van der Waals surface area contributed by atoms with Crippen molar-refractivity contribution in [2.45, 2.75) is 31.0 Å². The van der Waals surface area contributed by atoms with Crippen LogP contribution in [0.1, 0.15) is 19.4 Å². The molecule has 0 aliphatic carbocycles. The Hall–Kier alpha value is -2.92. The highest BCUT2D eigenvalue weighted by atomic mass is 32.2. The predicted molar refractivity (Wildman–Crippen MR) is 115 cm³/mol. The number of aromatic nitrogens is 3. The second kappa shape index (κ2) is 7.60. The maximum absolute atomic E-state index is 11.8. The molecule has 0 N–H and O–H groups in total. The number of hydrogen-bond acceptors (Lipinski definition) is 4. The Morgan fingerprint density at radius 1 is 1.07 bits per heavy atom. The van der Waals surface area contributed by atoms with Gasteiger partial charge in [-0.15, -0.1) is 0 Å². The third-order valence-corrected chi connectivity index (χ3v) is 5.99. The van der Waals surface area contributed by atoms with Gasteiger partial charge in [-0.25, -0.2) is 9.97 Å². The van der Waals surface area contributed by atoms with E-state index in [-0.39, 0.29) is 11.0 Å². The number of fused-ring (bicyclic) bond motifs is 1. The Balaban J connectivity index is 1.99. The van der Waals surface area contributed by atoms with E-state index in [9.17, 15) is 4.79 Å². The van der Waals surface area contributed by atoms with Gasteiger partial charge in [-0.1, -0.05) is 54.2 Å². The molecule has 4 aromatic rings. The fourth-order valence-electron chi connectivity index (χ4n) is 3.18. The van der Waals surface area contributed by atoms with Gasteiger partial charge in [0.15, 0.2) is 0 Å². The zero-order valence-electron chi connectivity index (χ0n) is 16.1. The minimum Gasteiger partial charge on any atom is -0.301 e. The summed E-state index contributed by atoms with van der Waals surface area (Å²) in [7, 11) is 0. The lowest BCUT2D eigenvalue weighted by atomic mass is 10.1. The molecule has 28 heavy (non-hydrogen) atoms. The molecule has 0 aliphatic heterocycles. The largest absolute Gasteiger partial charge is 0.301 e. The van der Waals surface area contributed by atoms with Crippen molar-refractivity contribution < 1.29 is 4.79 Å². The molecule has 0 amide bonds. The van der Waals surface area contributed by atoms with Gasteiger partial charge in [0, 0.05) is 17.4 Å². The average molecular weight is 388 g/mol. The third-order valence-electron chi connectivity index (χ3n) is 4.77. The van der Waals surface area contributed by atoms with Gasteiger partial charge in [0.05, 0.1) is 10.6 Å². The quantitative estimate of drug-likeness (QED) is 0.337. The van der Waals surface area contributed by atoms with Gasteiger partial charge in [0.25, 0.3) is 0 Å². The minimum atomic E-state index is -0.163. The molecule has 2 aromatic heterocycles. The highest BCUT2D eigenvalue weighted by Crippen LogP contribution is 2.38. The zero-order chi connectivity index (χ0) is 19.7. The first-order chi connectivity index (χ1) is 13.5. The van der Waals surface area contributed by atoms with Crippen LogP contribution in [0.15, 0.2) is 72.1 Å². The zero-order valence-corrected chi connectivity index (χ0v) is 16.9. The van der Waals surface area contributed by atoms with Crippen molar-refractivity contribution in [1.29, 1.82) is 0 Å². The fourth-order valence-corrected chi connectivity index (χ4v) is 4.11. The molecule has 0 saturated carbocycles. The minimum absolute atomic E-state index is 0.135. The summed E-state index contributed by atoms with van der Waals surface area (Å²) in [6.07, 6.45) is 3.70. The monoisotopic (exact) mass is 387 g/mol. The molecule has 0 fully saturated rings. The molecule has 0 bridgehead atoms. The summed E-state index contributed by atoms with van der Waals surface area (Å²) < 4.78 is 2.11. The maximum atomic E-state index is 11.8. The number of benzene rings is 2. The third kappa shape index (κ3) is 3.45. The van der Waals surface area contributed by atoms with Crippen molar-refractivity contribution in [3.8, 4) is 16.8 Å². The van der Waals surface area contributed by atoms with Crippen molar-refractivity contribution in [3.05, 3.63) is 72.7 Å². The van der Waals surface area contributed by atoms with Crippen LogP contribution >= 0.6 is 11.8 Å². The van der Waals surface area contributed by atoms with Gasteiger partial charge in [-0.05, 0) is 44.0 Å². The maximum Gasteiger partial charge on any atom is 0.149 e. The number of nitrogens with zero attached hydrogens (tertiary/aromatic N) is 3. The van der Waals surface area contributed by atoms with Crippen LogP contribution in [-0.2, 0) is 4.79 Å². The number of thioether (sulfide) groups is 1. The first-order valence-corrected chi connectivity index (χ1v) is 10.1. The second-order valence-electron chi connectivity index (χ2n) is 6.87. The van der Waals surface area contributed by atoms with Crippen LogP contribution < -0.4 is 0 Å². The van der Waals surface area contributed by atoms with E-state index in [1.54, 1.807) is 13.3 Å². The van der Waals surface area contributed by atoms with Gasteiger partial charge in [0.1, 0.15) is 22.8 Å². The Morgan fingerprint density at radius 3 is 2.57 bits per heavy atom. The molecule has 0 aliphatic rings. The van der Waals surface area contributed by atoms with Crippen molar-refractivity contribution >= 4 is 28.6 Å². The van der Waals surface area contributed by atoms with E-state index in [0.29, 0.717) is 0 Å². The van der Waals surface area contributed by atoms with Gasteiger partial charge < -0.3 is 4.57 Å². The van der Waals surface area contributed by atoms with Crippen LogP contribution in [0.3, 0.4) is 0 Å². The summed E-state index contributed by atoms with van der Waals surface area (Å²) in [6.45, 7) is 5.62. The number of carbonyl (C=O) groups is 1. The van der Waals surface area contributed by atoms with Gasteiger partial charge >= 0.3 is 0 Å². The standard InChI is InChI=1S/C23H21N3OS/c1-15-8-7-11-19(12-15)26-13-20(18-9-5-4-6-10-18)21-22(26)24-14-25-23(21)28-17(3)16(2)27/h4-14,17H,1-3H3. The molecule has 0 saturated heterocycles. The smallest absolute Gasteiger partial charge is 0.149 e. The molecular formula is C23H21N3OS. The van der Waals surface area contributed by atoms with Crippen LogP contribution in [-0.4, -0.2) is 25.6 Å². The summed E-state index contributed by atoms with van der Waals surface area (Å²) in [5, 5.41) is 1.65. The number of rotatable bonds is 5. The first kappa shape index (κ1) is 18.4. The predicted octanol–water partition coefficient (Wildman–Crippen LogP) is 5.47. The lowest BCUT2D eigenvalue weighted by Crippen LogP contribution is -2.08. The van der Waals surface area contributed by atoms with Gasteiger partial charge in [-0.3, -0.25) is 4.79 Å². The Bertz CT molecular complexity index is 1150. The molecule has 4 nitrogen and oxygen atoms in total. The van der Waals surface area contributed by atoms with E-state index >= 15 is 0 Å². The summed E-state index contributed by atoms with van der Waals surface area (Å²) in [5.74, 6) is 0.135. The Morgan fingerprint density at radius 2 is 1.86 bits per heavy atom. The van der Waals surface area contributed by atoms with E-state index in [0.717, 1.165) is 32.9 Å². The molecule has 0 spiro atoms. The summed E-state index contributed by atoms with van der Waals surface area (Å²) in [5.41, 5.74) is 5.26. The molecule has 1 unspecified atom stereocenters. The Kier molecular flexibility index (Phi) is 5.01. The van der Waals surface area contributed by atoms with Crippen LogP contribution in [0.25, 0.3) is 27.8 Å². The molecule has 2 aromatic carbocycles. The van der Waals surface area contributed by atoms with E-state index in [1.807, 2.05) is 31.2 Å². The summed E-state index contributed by atoms with van der Waals surface area (Å²) >= 11 is 1.49. The lowest BCUT2D eigenvalue weighted by Gasteiger charge is -2.09. The SMILES string of the molecule is CC(=O)C(C)Sc1ncnc2c1c(-c1ccccc1)cn2-c1cccc(C)c1. The van der Waals surface area contributed by atoms with E-state index in [2.05, 4.69) is 58.0 Å². The average Bonchev–Trinajstić information content (AvgIpc) is 3.09. The van der Waals surface area contributed by atoms with Crippen LogP contribution in [0.2, 0.25) is 0 Å². The summed E-state index contributed by atoms with van der Waals surface area (Å²) in [6, 6.07) is 18.6. The lowest BCUT2D eigenvalue weighted by molar-refractivity contribution is -0.116. The topological polar surface area (TPSA) is 47.8 Å². The van der Waals surface area contributed by atoms with Crippen molar-refractivity contribution in [2.75, 3.05) is 0 Å². The van der Waals surface area contributed by atoms with E-state index < -0.39 is 0 Å². The van der Waals surface area contributed by atoms with Crippen molar-refractivity contribution in [1.82, 2.24) is 14.5 Å². The molecule has 2 heterocycles. The summed E-state index contributed by atoms with van der Waals surface area (Å²) in [4.78, 5) is 21.0. The number of ketones is 1. The van der Waals surface area contributed by atoms with Crippen LogP contribution in [0, 0.1) is 6.92 Å². The molecule has 140 valence electrons. The fraction of sp³-hybridized carbons (Fsp3) is 0.174.